The normalized spacial score (nSPS) is 11.5. The van der Waals surface area contributed by atoms with Gasteiger partial charge in [-0.1, -0.05) is 23.8 Å². The van der Waals surface area contributed by atoms with E-state index in [0.717, 1.165) is 0 Å². The highest BCUT2D eigenvalue weighted by Gasteiger charge is 2.20. The van der Waals surface area contributed by atoms with Gasteiger partial charge in [-0.05, 0) is 24.3 Å². The van der Waals surface area contributed by atoms with Gasteiger partial charge < -0.3 is 9.43 Å². The third-order valence-electron chi connectivity index (χ3n) is 2.80. The first kappa shape index (κ1) is 17.3. The molecule has 0 aliphatic heterocycles. The zero-order chi connectivity index (χ0) is 16.5. The van der Waals surface area contributed by atoms with Gasteiger partial charge in [-0.25, -0.2) is 19.4 Å². The van der Waals surface area contributed by atoms with Crippen LogP contribution in [0.3, 0.4) is 0 Å². The molecule has 0 saturated carbocycles. The first-order valence-corrected chi connectivity index (χ1v) is 8.62. The summed E-state index contributed by atoms with van der Waals surface area (Å²) >= 11 is 15.1. The summed E-state index contributed by atoms with van der Waals surface area (Å²) in [4.78, 5) is -0.240. The number of anilines is 1. The standard InChI is InChI=1S/C12H12ClN3O3S3/c13-9-5-10(16(14)6-7-2-1-3-19-7)8(12(20)21)4-11(9)22(15,17)18/h1-5H,6,14H2,(H,20,21)(H2,15,17,18). The minimum absolute atomic E-state index is 0.0549. The minimum Gasteiger partial charge on any atom is -0.467 e. The molecule has 2 rings (SSSR count). The number of benzene rings is 1. The highest BCUT2D eigenvalue weighted by molar-refractivity contribution is 8.11. The number of thiol groups is 1. The highest BCUT2D eigenvalue weighted by atomic mass is 35.5. The highest BCUT2D eigenvalue weighted by Crippen LogP contribution is 2.31. The Hall–Kier alpha value is -1.10. The Kier molecular flexibility index (Phi) is 5.15. The second-order valence-corrected chi connectivity index (χ2v) is 7.45. The third kappa shape index (κ3) is 3.80. The van der Waals surface area contributed by atoms with Gasteiger partial charge >= 0.3 is 0 Å². The quantitative estimate of drug-likeness (QED) is 0.319. The molecule has 0 atom stereocenters. The number of thiocarbonyl (C=S) groups is 1. The van der Waals surface area contributed by atoms with Gasteiger partial charge in [0.1, 0.15) is 10.7 Å². The molecule has 4 N–H and O–H groups in total. The maximum absolute atomic E-state index is 11.5. The molecule has 0 aliphatic carbocycles. The molecule has 118 valence electrons. The number of nitrogens with two attached hydrogens (primary N) is 2. The second kappa shape index (κ2) is 6.57. The van der Waals surface area contributed by atoms with E-state index in [-0.39, 0.29) is 20.7 Å². The molecule has 22 heavy (non-hydrogen) atoms. The first-order chi connectivity index (χ1) is 10.2. The Balaban J connectivity index is 2.51. The van der Waals surface area contributed by atoms with Crippen LogP contribution in [0.2, 0.25) is 5.02 Å². The van der Waals surface area contributed by atoms with Crippen molar-refractivity contribution in [3.05, 3.63) is 46.9 Å². The maximum Gasteiger partial charge on any atom is 0.239 e. The van der Waals surface area contributed by atoms with Crippen molar-refractivity contribution >= 4 is 56.4 Å². The Bertz CT molecular complexity index is 807. The lowest BCUT2D eigenvalue weighted by Crippen LogP contribution is -2.31. The molecular weight excluding hydrogens is 366 g/mol. The van der Waals surface area contributed by atoms with Gasteiger partial charge in [0.15, 0.2) is 0 Å². The molecule has 1 heterocycles. The van der Waals surface area contributed by atoms with E-state index < -0.39 is 10.0 Å². The summed E-state index contributed by atoms with van der Waals surface area (Å²) in [5.41, 5.74) is 0.745. The fourth-order valence-corrected chi connectivity index (χ4v) is 3.26. The van der Waals surface area contributed by atoms with Crippen molar-refractivity contribution in [2.75, 3.05) is 5.01 Å². The number of hydrogen-bond donors (Lipinski definition) is 3. The number of hydrogen-bond acceptors (Lipinski definition) is 6. The van der Waals surface area contributed by atoms with E-state index in [1.165, 1.54) is 23.4 Å². The summed E-state index contributed by atoms with van der Waals surface area (Å²) < 4.78 is 28.4. The van der Waals surface area contributed by atoms with Gasteiger partial charge in [0, 0.05) is 5.56 Å². The fraction of sp³-hybridized carbons (Fsp3) is 0.0833. The molecule has 1 aromatic carbocycles. The fourth-order valence-electron chi connectivity index (χ4n) is 1.83. The van der Waals surface area contributed by atoms with Crippen LogP contribution in [-0.4, -0.2) is 12.6 Å². The molecule has 0 spiro atoms. The van der Waals surface area contributed by atoms with Crippen LogP contribution in [0.5, 0.6) is 0 Å². The van der Waals surface area contributed by atoms with E-state index in [1.807, 2.05) is 0 Å². The van der Waals surface area contributed by atoms with Crippen LogP contribution >= 0.6 is 36.4 Å². The molecule has 2 aromatic rings. The molecule has 0 fully saturated rings. The predicted octanol–water partition coefficient (Wildman–Crippen LogP) is 2.07. The molecule has 1 aromatic heterocycles. The number of hydrazine groups is 1. The summed E-state index contributed by atoms with van der Waals surface area (Å²) in [6, 6.07) is 6.11. The largest absolute Gasteiger partial charge is 0.467 e. The van der Waals surface area contributed by atoms with E-state index in [9.17, 15) is 8.42 Å². The number of sulfonamides is 1. The molecular formula is C12H12ClN3O3S3. The number of nitrogens with zero attached hydrogens (tertiary/aromatic N) is 1. The average Bonchev–Trinajstić information content (AvgIpc) is 2.89. The van der Waals surface area contributed by atoms with E-state index in [4.69, 9.17) is 39.2 Å². The van der Waals surface area contributed by atoms with E-state index in [2.05, 4.69) is 12.6 Å². The summed E-state index contributed by atoms with van der Waals surface area (Å²) in [5, 5.41) is 6.40. The lowest BCUT2D eigenvalue weighted by Gasteiger charge is -2.21. The van der Waals surface area contributed by atoms with Gasteiger partial charge in [0.25, 0.3) is 0 Å². The van der Waals surface area contributed by atoms with Gasteiger partial charge in [-0.15, -0.1) is 12.6 Å². The Labute approximate surface area is 143 Å². The van der Waals surface area contributed by atoms with Crippen molar-refractivity contribution in [1.29, 1.82) is 0 Å². The number of rotatable bonds is 5. The Morgan fingerprint density at radius 2 is 2.14 bits per heavy atom. The van der Waals surface area contributed by atoms with Gasteiger partial charge in [0.05, 0.1) is 27.7 Å². The van der Waals surface area contributed by atoms with Crippen LogP contribution in [0.25, 0.3) is 0 Å². The molecule has 0 amide bonds. The topological polar surface area (TPSA) is 103 Å². The van der Waals surface area contributed by atoms with Crippen LogP contribution in [0.15, 0.2) is 39.8 Å². The summed E-state index contributed by atoms with van der Waals surface area (Å²) in [6.45, 7) is 0.238. The van der Waals surface area contributed by atoms with Crippen LogP contribution in [0.4, 0.5) is 5.69 Å². The zero-order valence-corrected chi connectivity index (χ0v) is 14.3. The lowest BCUT2D eigenvalue weighted by molar-refractivity contribution is 0.504. The predicted molar refractivity (Wildman–Crippen MR) is 92.6 cm³/mol. The van der Waals surface area contributed by atoms with E-state index in [0.29, 0.717) is 17.0 Å². The van der Waals surface area contributed by atoms with Crippen LogP contribution in [0.1, 0.15) is 11.3 Å². The number of furan rings is 1. The molecule has 6 nitrogen and oxygen atoms in total. The Morgan fingerprint density at radius 3 is 2.64 bits per heavy atom. The first-order valence-electron chi connectivity index (χ1n) is 5.84. The number of primary sulfonamides is 1. The zero-order valence-electron chi connectivity index (χ0n) is 11.1. The average molecular weight is 378 g/mol. The van der Waals surface area contributed by atoms with Gasteiger partial charge in [0.2, 0.25) is 10.0 Å². The summed E-state index contributed by atoms with van der Waals surface area (Å²) in [5.74, 6) is 6.61. The van der Waals surface area contributed by atoms with Crippen molar-refractivity contribution in [2.24, 2.45) is 11.0 Å². The SMILES string of the molecule is NN(Cc1ccco1)c1cc(Cl)c(S(N)(=O)=O)cc1C(=S)S. The van der Waals surface area contributed by atoms with Crippen LogP contribution < -0.4 is 16.0 Å². The van der Waals surface area contributed by atoms with Crippen LogP contribution in [0, 0.1) is 0 Å². The van der Waals surface area contributed by atoms with Crippen molar-refractivity contribution in [2.45, 2.75) is 11.4 Å². The molecule has 0 saturated heterocycles. The smallest absolute Gasteiger partial charge is 0.239 e. The van der Waals surface area contributed by atoms with Crippen molar-refractivity contribution in [1.82, 2.24) is 0 Å². The third-order valence-corrected chi connectivity index (χ3v) is 4.64. The van der Waals surface area contributed by atoms with Gasteiger partial charge in [-0.3, -0.25) is 0 Å². The molecule has 0 aliphatic rings. The Morgan fingerprint density at radius 1 is 1.45 bits per heavy atom. The second-order valence-electron chi connectivity index (χ2n) is 4.36. The summed E-state index contributed by atoms with van der Waals surface area (Å²) in [6.07, 6.45) is 1.52. The molecule has 0 bridgehead atoms. The minimum atomic E-state index is -3.99. The molecule has 0 unspecified atom stereocenters. The molecule has 10 heteroatoms. The molecule has 0 radical (unpaired) electrons. The maximum atomic E-state index is 11.5. The lowest BCUT2D eigenvalue weighted by atomic mass is 10.2. The van der Waals surface area contributed by atoms with E-state index >= 15 is 0 Å². The summed E-state index contributed by atoms with van der Waals surface area (Å²) in [7, 11) is -3.99. The van der Waals surface area contributed by atoms with Crippen molar-refractivity contribution in [3.63, 3.8) is 0 Å². The van der Waals surface area contributed by atoms with Crippen molar-refractivity contribution < 1.29 is 12.8 Å². The van der Waals surface area contributed by atoms with Gasteiger partial charge in [-0.2, -0.15) is 0 Å². The van der Waals surface area contributed by atoms with E-state index in [1.54, 1.807) is 12.1 Å². The van der Waals surface area contributed by atoms with Crippen molar-refractivity contribution in [3.8, 4) is 0 Å². The van der Waals surface area contributed by atoms with Crippen LogP contribution in [-0.2, 0) is 16.6 Å². The number of halogens is 1. The monoisotopic (exact) mass is 377 g/mol.